The van der Waals surface area contributed by atoms with Crippen molar-refractivity contribution < 1.29 is 0 Å². The van der Waals surface area contributed by atoms with E-state index < -0.39 is 0 Å². The minimum absolute atomic E-state index is 0.798. The molecule has 2 aliphatic rings. The van der Waals surface area contributed by atoms with E-state index in [4.69, 9.17) is 11.5 Å². The van der Waals surface area contributed by atoms with Gasteiger partial charge in [-0.3, -0.25) is 0 Å². The van der Waals surface area contributed by atoms with Gasteiger partial charge in [0.1, 0.15) is 0 Å². The molecule has 21 heavy (non-hydrogen) atoms. The summed E-state index contributed by atoms with van der Waals surface area (Å²) < 4.78 is 0. The Morgan fingerprint density at radius 1 is 1.00 bits per heavy atom. The zero-order valence-corrected chi connectivity index (χ0v) is 13.7. The van der Waals surface area contributed by atoms with Gasteiger partial charge in [0.25, 0.3) is 0 Å². The van der Waals surface area contributed by atoms with Crippen molar-refractivity contribution in [3.05, 3.63) is 23.7 Å². The minimum atomic E-state index is 0.798. The number of nitrogens with two attached hydrogens (primary N) is 2. The molecule has 2 heterocycles. The van der Waals surface area contributed by atoms with Crippen LogP contribution in [0.4, 0.5) is 0 Å². The first kappa shape index (κ1) is 16.2. The van der Waals surface area contributed by atoms with Crippen LogP contribution in [-0.2, 0) is 0 Å². The second-order valence-electron chi connectivity index (χ2n) is 6.92. The van der Waals surface area contributed by atoms with Gasteiger partial charge in [0.05, 0.1) is 5.82 Å². The molecule has 120 valence electrons. The monoisotopic (exact) mass is 292 g/mol. The molecule has 0 atom stereocenters. The van der Waals surface area contributed by atoms with E-state index in [9.17, 15) is 0 Å². The lowest BCUT2D eigenvalue weighted by atomic mass is 9.93. The topological polar surface area (TPSA) is 58.5 Å². The molecule has 0 aromatic carbocycles. The summed E-state index contributed by atoms with van der Waals surface area (Å²) in [5, 5.41) is 0. The molecule has 2 aliphatic heterocycles. The van der Waals surface area contributed by atoms with E-state index >= 15 is 0 Å². The summed E-state index contributed by atoms with van der Waals surface area (Å²) >= 11 is 0. The molecule has 4 nitrogen and oxygen atoms in total. The molecule has 0 radical (unpaired) electrons. The quantitative estimate of drug-likeness (QED) is 0.779. The van der Waals surface area contributed by atoms with Gasteiger partial charge >= 0.3 is 0 Å². The largest absolute Gasteiger partial charge is 0.402 e. The van der Waals surface area contributed by atoms with E-state index in [0.29, 0.717) is 0 Å². The summed E-state index contributed by atoms with van der Waals surface area (Å²) in [6, 6.07) is 0. The summed E-state index contributed by atoms with van der Waals surface area (Å²) in [5.41, 5.74) is 12.6. The molecule has 2 fully saturated rings. The lowest BCUT2D eigenvalue weighted by Gasteiger charge is -2.38. The second kappa shape index (κ2) is 7.74. The molecule has 0 aromatic heterocycles. The predicted molar refractivity (Wildman–Crippen MR) is 89.3 cm³/mol. The highest BCUT2D eigenvalue weighted by Gasteiger charge is 2.23. The van der Waals surface area contributed by atoms with Gasteiger partial charge in [-0.05, 0) is 69.7 Å². The number of piperidine rings is 2. The SMILES string of the molecule is C/C(N)=C/C=C(\N)N1CCC(CN2CCC(C)CC2)CC1. The first-order valence-electron chi connectivity index (χ1n) is 8.41. The molecular weight excluding hydrogens is 260 g/mol. The van der Waals surface area contributed by atoms with E-state index in [2.05, 4.69) is 16.7 Å². The fraction of sp³-hybridized carbons (Fsp3) is 0.765. The Bertz CT molecular complexity index is 368. The molecule has 2 saturated heterocycles. The van der Waals surface area contributed by atoms with Crippen molar-refractivity contribution in [2.45, 2.75) is 39.5 Å². The lowest BCUT2D eigenvalue weighted by Crippen LogP contribution is -2.42. The maximum Gasteiger partial charge on any atom is 0.0986 e. The molecule has 0 spiro atoms. The van der Waals surface area contributed by atoms with Gasteiger partial charge in [0, 0.05) is 25.3 Å². The Labute approximate surface area is 129 Å². The van der Waals surface area contributed by atoms with Gasteiger partial charge in [-0.15, -0.1) is 0 Å². The zero-order chi connectivity index (χ0) is 15.2. The summed E-state index contributed by atoms with van der Waals surface area (Å²) in [7, 11) is 0. The van der Waals surface area contributed by atoms with Crippen LogP contribution in [-0.4, -0.2) is 42.5 Å². The average molecular weight is 292 g/mol. The van der Waals surface area contributed by atoms with Crippen molar-refractivity contribution in [1.29, 1.82) is 0 Å². The lowest BCUT2D eigenvalue weighted by molar-refractivity contribution is 0.132. The number of hydrogen-bond acceptors (Lipinski definition) is 4. The highest BCUT2D eigenvalue weighted by molar-refractivity contribution is 5.12. The van der Waals surface area contributed by atoms with Crippen LogP contribution in [0, 0.1) is 11.8 Å². The Morgan fingerprint density at radius 2 is 1.62 bits per heavy atom. The van der Waals surface area contributed by atoms with E-state index in [1.165, 1.54) is 45.3 Å². The number of nitrogens with zero attached hydrogens (tertiary/aromatic N) is 2. The van der Waals surface area contributed by atoms with Crippen molar-refractivity contribution in [2.24, 2.45) is 23.3 Å². The first-order chi connectivity index (χ1) is 10.0. The van der Waals surface area contributed by atoms with E-state index in [0.717, 1.165) is 36.4 Å². The third-order valence-corrected chi connectivity index (χ3v) is 4.89. The summed E-state index contributed by atoms with van der Waals surface area (Å²) in [6.45, 7) is 10.3. The van der Waals surface area contributed by atoms with Gasteiger partial charge < -0.3 is 21.3 Å². The van der Waals surface area contributed by atoms with Gasteiger partial charge in [-0.1, -0.05) is 6.92 Å². The number of allylic oxidation sites excluding steroid dienone is 3. The highest BCUT2D eigenvalue weighted by Crippen LogP contribution is 2.23. The fourth-order valence-electron chi connectivity index (χ4n) is 3.31. The van der Waals surface area contributed by atoms with Gasteiger partial charge in [-0.25, -0.2) is 0 Å². The van der Waals surface area contributed by atoms with E-state index in [1.807, 2.05) is 19.1 Å². The molecule has 2 rings (SSSR count). The Morgan fingerprint density at radius 3 is 2.19 bits per heavy atom. The molecule has 0 aromatic rings. The molecule has 0 aliphatic carbocycles. The van der Waals surface area contributed by atoms with Crippen LogP contribution in [0.1, 0.15) is 39.5 Å². The molecule has 0 amide bonds. The molecule has 0 bridgehead atoms. The second-order valence-corrected chi connectivity index (χ2v) is 6.92. The predicted octanol–water partition coefficient (Wildman–Crippen LogP) is 2.09. The number of hydrogen-bond donors (Lipinski definition) is 2. The van der Waals surface area contributed by atoms with Crippen molar-refractivity contribution in [1.82, 2.24) is 9.80 Å². The minimum Gasteiger partial charge on any atom is -0.402 e. The first-order valence-corrected chi connectivity index (χ1v) is 8.41. The number of rotatable bonds is 4. The fourth-order valence-corrected chi connectivity index (χ4v) is 3.31. The van der Waals surface area contributed by atoms with Crippen LogP contribution in [0.3, 0.4) is 0 Å². The Kier molecular flexibility index (Phi) is 5.97. The van der Waals surface area contributed by atoms with Crippen LogP contribution >= 0.6 is 0 Å². The van der Waals surface area contributed by atoms with E-state index in [-0.39, 0.29) is 0 Å². The zero-order valence-electron chi connectivity index (χ0n) is 13.7. The van der Waals surface area contributed by atoms with Gasteiger partial charge in [0.15, 0.2) is 0 Å². The maximum absolute atomic E-state index is 6.12. The molecule has 0 saturated carbocycles. The third kappa shape index (κ3) is 5.27. The average Bonchev–Trinajstić information content (AvgIpc) is 2.48. The normalized spacial score (nSPS) is 24.6. The highest BCUT2D eigenvalue weighted by atomic mass is 15.2. The van der Waals surface area contributed by atoms with Gasteiger partial charge in [-0.2, -0.15) is 0 Å². The van der Waals surface area contributed by atoms with Gasteiger partial charge in [0.2, 0.25) is 0 Å². The summed E-state index contributed by atoms with van der Waals surface area (Å²) in [5.74, 6) is 2.62. The third-order valence-electron chi connectivity index (χ3n) is 4.89. The van der Waals surface area contributed by atoms with Crippen molar-refractivity contribution >= 4 is 0 Å². The standard InChI is InChI=1S/C17H32N4/c1-14-5-9-20(10-6-14)13-16-7-11-21(12-8-16)17(19)4-3-15(2)18/h3-4,14,16H,5-13,18-19H2,1-2H3/b15-3-,17-4+. The molecule has 0 unspecified atom stereocenters. The molecule has 4 heteroatoms. The smallest absolute Gasteiger partial charge is 0.0986 e. The van der Waals surface area contributed by atoms with Crippen molar-refractivity contribution in [3.63, 3.8) is 0 Å². The van der Waals surface area contributed by atoms with Crippen molar-refractivity contribution in [2.75, 3.05) is 32.7 Å². The van der Waals surface area contributed by atoms with E-state index in [1.54, 1.807) is 0 Å². The Balaban J connectivity index is 1.73. The van der Waals surface area contributed by atoms with Crippen LogP contribution in [0.15, 0.2) is 23.7 Å². The van der Waals surface area contributed by atoms with Crippen molar-refractivity contribution in [3.8, 4) is 0 Å². The van der Waals surface area contributed by atoms with Crippen LogP contribution in [0.2, 0.25) is 0 Å². The number of likely N-dealkylation sites (tertiary alicyclic amines) is 2. The summed E-state index contributed by atoms with van der Waals surface area (Å²) in [6.07, 6.45) is 9.08. The molecule has 4 N–H and O–H groups in total. The maximum atomic E-state index is 6.12. The van der Waals surface area contributed by atoms with Crippen LogP contribution in [0.25, 0.3) is 0 Å². The Hall–Kier alpha value is -1.16. The van der Waals surface area contributed by atoms with Crippen LogP contribution in [0.5, 0.6) is 0 Å². The van der Waals surface area contributed by atoms with Crippen LogP contribution < -0.4 is 11.5 Å². The summed E-state index contributed by atoms with van der Waals surface area (Å²) in [4.78, 5) is 4.95. The molecular formula is C17H32N4.